The van der Waals surface area contributed by atoms with Gasteiger partial charge in [0.1, 0.15) is 5.82 Å². The Hall–Kier alpha value is -1.15. The van der Waals surface area contributed by atoms with Crippen molar-refractivity contribution in [1.29, 1.82) is 0 Å². The molecule has 2 rings (SSSR count). The Morgan fingerprint density at radius 1 is 1.31 bits per heavy atom. The molecule has 1 aliphatic rings. The number of hydrogen-bond donors (Lipinski definition) is 1. The lowest BCUT2D eigenvalue weighted by Crippen LogP contribution is -2.23. The van der Waals surface area contributed by atoms with Crippen LogP contribution in [0.2, 0.25) is 0 Å². The summed E-state index contributed by atoms with van der Waals surface area (Å²) in [5.74, 6) is -0.162. The Labute approximate surface area is 96.2 Å². The minimum Gasteiger partial charge on any atom is -0.328 e. The second-order valence-electron chi connectivity index (χ2n) is 4.64. The summed E-state index contributed by atoms with van der Waals surface area (Å²) in [4.78, 5) is 0. The zero-order valence-corrected chi connectivity index (χ0v) is 9.67. The maximum absolute atomic E-state index is 13.1. The third-order valence-electron chi connectivity index (χ3n) is 3.27. The molecule has 16 heavy (non-hydrogen) atoms. The van der Waals surface area contributed by atoms with Gasteiger partial charge in [0.05, 0.1) is 0 Å². The predicted molar refractivity (Wildman–Crippen MR) is 65.6 cm³/mol. The first kappa shape index (κ1) is 11.3. The monoisotopic (exact) mass is 219 g/mol. The second kappa shape index (κ2) is 4.79. The molecule has 0 aromatic heterocycles. The van der Waals surface area contributed by atoms with Crippen LogP contribution in [0.5, 0.6) is 0 Å². The Kier molecular flexibility index (Phi) is 3.39. The SMILES string of the molecule is Cc1ccc(F)cc1C=C1CCC(N)CC1. The van der Waals surface area contributed by atoms with Crippen LogP contribution in [0.1, 0.15) is 36.8 Å². The van der Waals surface area contributed by atoms with E-state index in [0.717, 1.165) is 36.8 Å². The molecule has 0 bridgehead atoms. The molecule has 0 saturated heterocycles. The lowest BCUT2D eigenvalue weighted by molar-refractivity contribution is 0.514. The summed E-state index contributed by atoms with van der Waals surface area (Å²) < 4.78 is 13.1. The number of halogens is 1. The molecular formula is C14H18FN. The molecule has 0 unspecified atom stereocenters. The van der Waals surface area contributed by atoms with E-state index in [1.165, 1.54) is 11.6 Å². The highest BCUT2D eigenvalue weighted by atomic mass is 19.1. The molecule has 0 heterocycles. The standard InChI is InChI=1S/C14H18FN/c1-10-2-5-13(15)9-12(10)8-11-3-6-14(16)7-4-11/h2,5,8-9,14H,3-4,6-7,16H2,1H3. The summed E-state index contributed by atoms with van der Waals surface area (Å²) in [5, 5.41) is 0. The van der Waals surface area contributed by atoms with Gasteiger partial charge in [-0.3, -0.25) is 0 Å². The van der Waals surface area contributed by atoms with Crippen molar-refractivity contribution < 1.29 is 4.39 Å². The molecule has 2 N–H and O–H groups in total. The van der Waals surface area contributed by atoms with Crippen LogP contribution in [0, 0.1) is 12.7 Å². The molecule has 0 aliphatic heterocycles. The smallest absolute Gasteiger partial charge is 0.123 e. The van der Waals surface area contributed by atoms with Crippen LogP contribution in [-0.4, -0.2) is 6.04 Å². The Bertz CT molecular complexity index is 399. The molecule has 86 valence electrons. The van der Waals surface area contributed by atoms with E-state index in [9.17, 15) is 4.39 Å². The van der Waals surface area contributed by atoms with E-state index < -0.39 is 0 Å². The fourth-order valence-corrected chi connectivity index (χ4v) is 2.14. The first-order valence-electron chi connectivity index (χ1n) is 5.86. The van der Waals surface area contributed by atoms with E-state index in [1.807, 2.05) is 13.0 Å². The average molecular weight is 219 g/mol. The third kappa shape index (κ3) is 2.70. The summed E-state index contributed by atoms with van der Waals surface area (Å²) in [6.45, 7) is 2.01. The van der Waals surface area contributed by atoms with Gasteiger partial charge in [-0.1, -0.05) is 17.7 Å². The summed E-state index contributed by atoms with van der Waals surface area (Å²) >= 11 is 0. The van der Waals surface area contributed by atoms with Crippen molar-refractivity contribution in [1.82, 2.24) is 0 Å². The van der Waals surface area contributed by atoms with Gasteiger partial charge in [-0.05, 0) is 55.9 Å². The number of benzene rings is 1. The van der Waals surface area contributed by atoms with E-state index >= 15 is 0 Å². The highest BCUT2D eigenvalue weighted by Crippen LogP contribution is 2.25. The Morgan fingerprint density at radius 3 is 2.69 bits per heavy atom. The molecule has 0 amide bonds. The van der Waals surface area contributed by atoms with Crippen molar-refractivity contribution in [3.8, 4) is 0 Å². The lowest BCUT2D eigenvalue weighted by atomic mass is 9.90. The first-order valence-corrected chi connectivity index (χ1v) is 5.86. The number of hydrogen-bond acceptors (Lipinski definition) is 1. The zero-order chi connectivity index (χ0) is 11.5. The van der Waals surface area contributed by atoms with Gasteiger partial charge in [-0.15, -0.1) is 0 Å². The predicted octanol–water partition coefficient (Wildman–Crippen LogP) is 3.42. The van der Waals surface area contributed by atoms with E-state index in [1.54, 1.807) is 6.07 Å². The van der Waals surface area contributed by atoms with Gasteiger partial charge < -0.3 is 5.73 Å². The van der Waals surface area contributed by atoms with E-state index in [4.69, 9.17) is 5.73 Å². The van der Waals surface area contributed by atoms with Crippen LogP contribution in [0.25, 0.3) is 6.08 Å². The van der Waals surface area contributed by atoms with Crippen molar-refractivity contribution in [2.45, 2.75) is 38.6 Å². The summed E-state index contributed by atoms with van der Waals surface area (Å²) in [6, 6.07) is 5.30. The molecule has 0 radical (unpaired) electrons. The van der Waals surface area contributed by atoms with Crippen LogP contribution in [0.4, 0.5) is 4.39 Å². The number of rotatable bonds is 1. The quantitative estimate of drug-likeness (QED) is 0.769. The molecular weight excluding hydrogens is 201 g/mol. The van der Waals surface area contributed by atoms with Gasteiger partial charge in [0.25, 0.3) is 0 Å². The number of allylic oxidation sites excluding steroid dienone is 1. The van der Waals surface area contributed by atoms with Gasteiger partial charge in [0.15, 0.2) is 0 Å². The van der Waals surface area contributed by atoms with Crippen molar-refractivity contribution in [2.75, 3.05) is 0 Å². The molecule has 0 atom stereocenters. The fourth-order valence-electron chi connectivity index (χ4n) is 2.14. The van der Waals surface area contributed by atoms with Gasteiger partial charge in [-0.25, -0.2) is 4.39 Å². The molecule has 2 heteroatoms. The Balaban J connectivity index is 2.19. The zero-order valence-electron chi connectivity index (χ0n) is 9.67. The summed E-state index contributed by atoms with van der Waals surface area (Å²) in [5.41, 5.74) is 9.39. The largest absolute Gasteiger partial charge is 0.328 e. The van der Waals surface area contributed by atoms with Gasteiger partial charge in [0.2, 0.25) is 0 Å². The van der Waals surface area contributed by atoms with Gasteiger partial charge >= 0.3 is 0 Å². The minimum atomic E-state index is -0.162. The minimum absolute atomic E-state index is 0.162. The number of aryl methyl sites for hydroxylation is 1. The van der Waals surface area contributed by atoms with Crippen LogP contribution in [0.15, 0.2) is 23.8 Å². The van der Waals surface area contributed by atoms with Crippen LogP contribution in [-0.2, 0) is 0 Å². The van der Waals surface area contributed by atoms with Crippen LogP contribution in [0.3, 0.4) is 0 Å². The van der Waals surface area contributed by atoms with E-state index in [-0.39, 0.29) is 5.82 Å². The Morgan fingerprint density at radius 2 is 2.00 bits per heavy atom. The first-order chi connectivity index (χ1) is 7.65. The maximum atomic E-state index is 13.1. The molecule has 1 fully saturated rings. The van der Waals surface area contributed by atoms with Crippen molar-refractivity contribution in [3.63, 3.8) is 0 Å². The second-order valence-corrected chi connectivity index (χ2v) is 4.64. The van der Waals surface area contributed by atoms with Crippen molar-refractivity contribution in [2.24, 2.45) is 5.73 Å². The fraction of sp³-hybridized carbons (Fsp3) is 0.429. The molecule has 1 nitrogen and oxygen atoms in total. The summed E-state index contributed by atoms with van der Waals surface area (Å²) in [6.07, 6.45) is 6.35. The average Bonchev–Trinajstić information content (AvgIpc) is 2.27. The summed E-state index contributed by atoms with van der Waals surface area (Å²) in [7, 11) is 0. The maximum Gasteiger partial charge on any atom is 0.123 e. The third-order valence-corrected chi connectivity index (χ3v) is 3.27. The van der Waals surface area contributed by atoms with E-state index in [2.05, 4.69) is 6.08 Å². The van der Waals surface area contributed by atoms with Crippen LogP contribution >= 0.6 is 0 Å². The van der Waals surface area contributed by atoms with Crippen molar-refractivity contribution in [3.05, 3.63) is 40.7 Å². The number of nitrogens with two attached hydrogens (primary N) is 1. The topological polar surface area (TPSA) is 26.0 Å². The van der Waals surface area contributed by atoms with Crippen molar-refractivity contribution >= 4 is 6.08 Å². The normalized spacial score (nSPS) is 20.9. The van der Waals surface area contributed by atoms with Crippen LogP contribution < -0.4 is 5.73 Å². The highest BCUT2D eigenvalue weighted by molar-refractivity contribution is 5.56. The highest BCUT2D eigenvalue weighted by Gasteiger charge is 2.12. The van der Waals surface area contributed by atoms with E-state index in [0.29, 0.717) is 6.04 Å². The molecule has 1 saturated carbocycles. The molecule has 1 aromatic carbocycles. The molecule has 0 spiro atoms. The molecule has 1 aliphatic carbocycles. The lowest BCUT2D eigenvalue weighted by Gasteiger charge is -2.20. The van der Waals surface area contributed by atoms with Gasteiger partial charge in [0, 0.05) is 6.04 Å². The van der Waals surface area contributed by atoms with Gasteiger partial charge in [-0.2, -0.15) is 0 Å². The molecule has 1 aromatic rings.